The third kappa shape index (κ3) is 4.45. The normalized spacial score (nSPS) is 16.6. The fourth-order valence-corrected chi connectivity index (χ4v) is 2.42. The smallest absolute Gasteiger partial charge is 0.251 e. The number of hydrogen-bond acceptors (Lipinski definition) is 4. The maximum Gasteiger partial charge on any atom is 0.251 e. The Morgan fingerprint density at radius 2 is 1.91 bits per heavy atom. The molecule has 5 heteroatoms. The summed E-state index contributed by atoms with van der Waals surface area (Å²) in [5.41, 5.74) is 1.37. The summed E-state index contributed by atoms with van der Waals surface area (Å²) < 4.78 is 5.29. The number of amides is 1. The molecular weight excluding hydrogens is 280 g/mol. The van der Waals surface area contributed by atoms with Gasteiger partial charge in [-0.25, -0.2) is 0 Å². The van der Waals surface area contributed by atoms with E-state index in [1.165, 1.54) is 0 Å². The van der Waals surface area contributed by atoms with Crippen molar-refractivity contribution in [2.24, 2.45) is 0 Å². The molecular formula is C17H26N2O3. The fraction of sp³-hybridized carbons (Fsp3) is 0.588. The molecule has 0 aromatic heterocycles. The van der Waals surface area contributed by atoms with Crippen molar-refractivity contribution in [1.29, 1.82) is 0 Å². The van der Waals surface area contributed by atoms with Crippen LogP contribution < -0.4 is 10.2 Å². The Kier molecular flexibility index (Phi) is 5.42. The Morgan fingerprint density at radius 3 is 2.45 bits per heavy atom. The first-order valence-electron chi connectivity index (χ1n) is 7.78. The minimum Gasteiger partial charge on any atom is -0.393 e. The van der Waals surface area contributed by atoms with Gasteiger partial charge in [-0.3, -0.25) is 4.79 Å². The van der Waals surface area contributed by atoms with Gasteiger partial charge in [0.1, 0.15) is 0 Å². The standard InChI is InChI=1S/C17H26N2O3/c1-17(2,22-3)12-18-16(21)13-4-6-14(7-5-13)19-10-8-15(20)9-11-19/h4-7,15,20H,8-12H2,1-3H3,(H,18,21). The number of nitrogens with zero attached hydrogens (tertiary/aromatic N) is 1. The zero-order valence-electron chi connectivity index (χ0n) is 13.6. The van der Waals surface area contributed by atoms with Crippen molar-refractivity contribution in [3.05, 3.63) is 29.8 Å². The molecule has 1 saturated heterocycles. The molecule has 0 aliphatic carbocycles. The lowest BCUT2D eigenvalue weighted by atomic mass is 10.1. The van der Waals surface area contributed by atoms with Crippen LogP contribution in [0.3, 0.4) is 0 Å². The lowest BCUT2D eigenvalue weighted by molar-refractivity contribution is 0.0229. The molecule has 1 aromatic rings. The van der Waals surface area contributed by atoms with E-state index in [1.54, 1.807) is 7.11 Å². The van der Waals surface area contributed by atoms with E-state index in [1.807, 2.05) is 38.1 Å². The first-order chi connectivity index (χ1) is 10.4. The number of carbonyl (C=O) groups is 1. The van der Waals surface area contributed by atoms with Gasteiger partial charge >= 0.3 is 0 Å². The van der Waals surface area contributed by atoms with Crippen molar-refractivity contribution < 1.29 is 14.6 Å². The number of anilines is 1. The highest BCUT2D eigenvalue weighted by molar-refractivity contribution is 5.94. The molecule has 2 rings (SSSR count). The number of benzene rings is 1. The van der Waals surface area contributed by atoms with E-state index in [4.69, 9.17) is 4.74 Å². The highest BCUT2D eigenvalue weighted by atomic mass is 16.5. The molecule has 0 saturated carbocycles. The molecule has 0 unspecified atom stereocenters. The SMILES string of the molecule is COC(C)(C)CNC(=O)c1ccc(N2CCC(O)CC2)cc1. The molecule has 0 atom stereocenters. The number of aliphatic hydroxyl groups is 1. The molecule has 1 heterocycles. The average Bonchev–Trinajstić information content (AvgIpc) is 2.54. The molecule has 1 aliphatic heterocycles. The number of rotatable bonds is 5. The monoisotopic (exact) mass is 306 g/mol. The van der Waals surface area contributed by atoms with Gasteiger partial charge in [-0.05, 0) is 51.0 Å². The molecule has 0 spiro atoms. The summed E-state index contributed by atoms with van der Waals surface area (Å²) in [4.78, 5) is 14.4. The van der Waals surface area contributed by atoms with Gasteiger partial charge in [-0.1, -0.05) is 0 Å². The van der Waals surface area contributed by atoms with Gasteiger partial charge in [-0.2, -0.15) is 0 Å². The number of piperidine rings is 1. The Bertz CT molecular complexity index is 491. The molecule has 122 valence electrons. The summed E-state index contributed by atoms with van der Waals surface area (Å²) >= 11 is 0. The van der Waals surface area contributed by atoms with Crippen LogP contribution in [-0.2, 0) is 4.74 Å². The first-order valence-corrected chi connectivity index (χ1v) is 7.78. The van der Waals surface area contributed by atoms with E-state index in [2.05, 4.69) is 10.2 Å². The number of methoxy groups -OCH3 is 1. The van der Waals surface area contributed by atoms with Crippen molar-refractivity contribution in [1.82, 2.24) is 5.32 Å². The van der Waals surface area contributed by atoms with Gasteiger partial charge in [-0.15, -0.1) is 0 Å². The van der Waals surface area contributed by atoms with Crippen molar-refractivity contribution >= 4 is 11.6 Å². The first kappa shape index (κ1) is 16.8. The van der Waals surface area contributed by atoms with Crippen LogP contribution in [0.2, 0.25) is 0 Å². The molecule has 1 aliphatic rings. The van der Waals surface area contributed by atoms with E-state index in [0.717, 1.165) is 31.6 Å². The largest absolute Gasteiger partial charge is 0.393 e. The fourth-order valence-electron chi connectivity index (χ4n) is 2.42. The second kappa shape index (κ2) is 7.11. The van der Waals surface area contributed by atoms with Crippen LogP contribution in [0, 0.1) is 0 Å². The molecule has 1 fully saturated rings. The second-order valence-electron chi connectivity index (χ2n) is 6.41. The molecule has 1 amide bonds. The highest BCUT2D eigenvalue weighted by Gasteiger charge is 2.19. The van der Waals surface area contributed by atoms with Crippen LogP contribution in [0.1, 0.15) is 37.0 Å². The second-order valence-corrected chi connectivity index (χ2v) is 6.41. The van der Waals surface area contributed by atoms with E-state index < -0.39 is 0 Å². The maximum absolute atomic E-state index is 12.1. The van der Waals surface area contributed by atoms with Gasteiger partial charge in [0.25, 0.3) is 5.91 Å². The van der Waals surface area contributed by atoms with Gasteiger partial charge in [0.05, 0.1) is 11.7 Å². The number of ether oxygens (including phenoxy) is 1. The Morgan fingerprint density at radius 1 is 1.32 bits per heavy atom. The number of aliphatic hydroxyl groups excluding tert-OH is 1. The zero-order chi connectivity index (χ0) is 16.2. The van der Waals surface area contributed by atoms with Crippen LogP contribution in [0.4, 0.5) is 5.69 Å². The zero-order valence-corrected chi connectivity index (χ0v) is 13.6. The van der Waals surface area contributed by atoms with Gasteiger partial charge < -0.3 is 20.1 Å². The topological polar surface area (TPSA) is 61.8 Å². The summed E-state index contributed by atoms with van der Waals surface area (Å²) in [6.07, 6.45) is 1.42. The van der Waals surface area contributed by atoms with Crippen LogP contribution in [0.15, 0.2) is 24.3 Å². The minimum absolute atomic E-state index is 0.0919. The van der Waals surface area contributed by atoms with E-state index >= 15 is 0 Å². The summed E-state index contributed by atoms with van der Waals surface area (Å²) in [5, 5.41) is 12.4. The maximum atomic E-state index is 12.1. The number of hydrogen-bond donors (Lipinski definition) is 2. The predicted octanol–water partition coefficient (Wildman–Crippen LogP) is 1.80. The molecule has 1 aromatic carbocycles. The van der Waals surface area contributed by atoms with Gasteiger partial charge in [0.15, 0.2) is 0 Å². The van der Waals surface area contributed by atoms with Crippen molar-refractivity contribution in [2.75, 3.05) is 31.6 Å². The summed E-state index contributed by atoms with van der Waals surface area (Å²) in [5.74, 6) is -0.0919. The van der Waals surface area contributed by atoms with Crippen LogP contribution in [-0.4, -0.2) is 49.5 Å². The third-order valence-corrected chi connectivity index (χ3v) is 4.19. The summed E-state index contributed by atoms with van der Waals surface area (Å²) in [6.45, 7) is 6.04. The Balaban J connectivity index is 1.92. The van der Waals surface area contributed by atoms with Crippen LogP contribution >= 0.6 is 0 Å². The summed E-state index contributed by atoms with van der Waals surface area (Å²) in [6, 6.07) is 7.62. The Labute approximate surface area is 132 Å². The average molecular weight is 306 g/mol. The predicted molar refractivity (Wildman–Crippen MR) is 87.3 cm³/mol. The molecule has 5 nitrogen and oxygen atoms in total. The van der Waals surface area contributed by atoms with E-state index in [0.29, 0.717) is 12.1 Å². The summed E-state index contributed by atoms with van der Waals surface area (Å²) in [7, 11) is 1.64. The molecule has 22 heavy (non-hydrogen) atoms. The molecule has 0 radical (unpaired) electrons. The van der Waals surface area contributed by atoms with Crippen LogP contribution in [0.25, 0.3) is 0 Å². The number of nitrogens with one attached hydrogen (secondary N) is 1. The van der Waals surface area contributed by atoms with Gasteiger partial charge in [0.2, 0.25) is 0 Å². The van der Waals surface area contributed by atoms with Crippen molar-refractivity contribution in [3.8, 4) is 0 Å². The van der Waals surface area contributed by atoms with Crippen molar-refractivity contribution in [3.63, 3.8) is 0 Å². The molecule has 2 N–H and O–H groups in total. The Hall–Kier alpha value is -1.59. The van der Waals surface area contributed by atoms with E-state index in [-0.39, 0.29) is 17.6 Å². The quantitative estimate of drug-likeness (QED) is 0.871. The third-order valence-electron chi connectivity index (χ3n) is 4.19. The minimum atomic E-state index is -0.371. The number of carbonyl (C=O) groups excluding carboxylic acids is 1. The van der Waals surface area contributed by atoms with Crippen LogP contribution in [0.5, 0.6) is 0 Å². The molecule has 0 bridgehead atoms. The highest BCUT2D eigenvalue weighted by Crippen LogP contribution is 2.20. The van der Waals surface area contributed by atoms with E-state index in [9.17, 15) is 9.90 Å². The van der Waals surface area contributed by atoms with Crippen molar-refractivity contribution in [2.45, 2.75) is 38.4 Å². The lowest BCUT2D eigenvalue weighted by Crippen LogP contribution is -2.39. The van der Waals surface area contributed by atoms with Gasteiger partial charge in [0, 0.05) is 38.0 Å². The lowest BCUT2D eigenvalue weighted by Gasteiger charge is -2.31.